The first-order chi connectivity index (χ1) is 17.3. The van der Waals surface area contributed by atoms with Gasteiger partial charge in [0.15, 0.2) is 17.3 Å². The van der Waals surface area contributed by atoms with E-state index < -0.39 is 11.9 Å². The van der Waals surface area contributed by atoms with Crippen molar-refractivity contribution in [2.45, 2.75) is 58.0 Å². The summed E-state index contributed by atoms with van der Waals surface area (Å²) in [5, 5.41) is 3.93. The van der Waals surface area contributed by atoms with Crippen LogP contribution < -0.4 is 14.8 Å². The van der Waals surface area contributed by atoms with Crippen LogP contribution in [0.15, 0.2) is 65.0 Å². The molecule has 0 fully saturated rings. The summed E-state index contributed by atoms with van der Waals surface area (Å²) in [6.45, 7) is 5.69. The third-order valence-electron chi connectivity index (χ3n) is 6.99. The molecule has 190 valence electrons. The highest BCUT2D eigenvalue weighted by Gasteiger charge is 2.41. The lowest BCUT2D eigenvalue weighted by molar-refractivity contribution is -0.144. The quantitative estimate of drug-likeness (QED) is 0.457. The maximum Gasteiger partial charge on any atom is 0.337 e. The molecule has 2 aliphatic rings. The molecule has 4 rings (SSSR count). The minimum Gasteiger partial charge on any atom is -0.493 e. The van der Waals surface area contributed by atoms with Gasteiger partial charge in [-0.3, -0.25) is 4.79 Å². The van der Waals surface area contributed by atoms with Gasteiger partial charge in [0.05, 0.1) is 25.9 Å². The smallest absolute Gasteiger partial charge is 0.337 e. The highest BCUT2D eigenvalue weighted by molar-refractivity contribution is 6.30. The number of dihydropyridines is 1. The highest BCUT2D eigenvalue weighted by Crippen LogP contribution is 2.46. The Bertz CT molecular complexity index is 1250. The van der Waals surface area contributed by atoms with E-state index in [2.05, 4.69) is 5.32 Å². The number of methoxy groups -OCH3 is 2. The number of carbonyl (C=O) groups is 2. The summed E-state index contributed by atoms with van der Waals surface area (Å²) in [7, 11) is 3.19. The van der Waals surface area contributed by atoms with Gasteiger partial charge < -0.3 is 19.5 Å². The first-order valence-electron chi connectivity index (χ1n) is 12.2. The number of ketones is 1. The van der Waals surface area contributed by atoms with Crippen LogP contribution in [0.1, 0.15) is 63.0 Å². The summed E-state index contributed by atoms with van der Waals surface area (Å²) in [5.74, 6) is 0.265. The minimum absolute atomic E-state index is 0.00477. The Hall–Kier alpha value is -3.25. The average molecular weight is 510 g/mol. The number of rotatable bonds is 7. The van der Waals surface area contributed by atoms with Crippen molar-refractivity contribution in [1.29, 1.82) is 0 Å². The van der Waals surface area contributed by atoms with Crippen molar-refractivity contribution in [1.82, 2.24) is 5.32 Å². The number of allylic oxidation sites excluding steroid dienone is 3. The lowest BCUT2D eigenvalue weighted by Crippen LogP contribution is -2.36. The molecule has 0 aromatic heterocycles. The highest BCUT2D eigenvalue weighted by atomic mass is 35.5. The Labute approximate surface area is 217 Å². The molecule has 0 radical (unpaired) electrons. The zero-order valence-corrected chi connectivity index (χ0v) is 22.1. The van der Waals surface area contributed by atoms with Gasteiger partial charge in [-0.25, -0.2) is 4.79 Å². The third-order valence-corrected chi connectivity index (χ3v) is 7.23. The topological polar surface area (TPSA) is 73.9 Å². The first kappa shape index (κ1) is 25.8. The van der Waals surface area contributed by atoms with Crippen LogP contribution in [0.3, 0.4) is 0 Å². The second kappa shape index (κ2) is 10.8. The normalized spacial score (nSPS) is 20.4. The van der Waals surface area contributed by atoms with Gasteiger partial charge in [-0.05, 0) is 68.0 Å². The molecule has 1 N–H and O–H groups in total. The van der Waals surface area contributed by atoms with Crippen LogP contribution in [0, 0.1) is 0 Å². The lowest BCUT2D eigenvalue weighted by Gasteiger charge is -2.37. The molecule has 0 saturated heterocycles. The standard InChI is InChI=1S/C29H32ClNO5/c1-6-16(2)36-29(33)26-17(3)31-22-13-20(18-10-11-24(34-4)25(15-18)35-5)14-23(32)28(22)27(26)19-8-7-9-21(30)12-19/h7-12,15-16,20,27,31H,6,13-14H2,1-5H3/t16-,20-,27+/m0/s1. The maximum absolute atomic E-state index is 13.8. The van der Waals surface area contributed by atoms with Crippen molar-refractivity contribution in [3.8, 4) is 11.5 Å². The zero-order valence-electron chi connectivity index (χ0n) is 21.3. The largest absolute Gasteiger partial charge is 0.493 e. The molecule has 36 heavy (non-hydrogen) atoms. The van der Waals surface area contributed by atoms with Crippen molar-refractivity contribution in [3.63, 3.8) is 0 Å². The van der Waals surface area contributed by atoms with Gasteiger partial charge in [-0.2, -0.15) is 0 Å². The molecule has 1 heterocycles. The number of esters is 1. The van der Waals surface area contributed by atoms with E-state index in [1.54, 1.807) is 20.3 Å². The van der Waals surface area contributed by atoms with Gasteiger partial charge in [-0.1, -0.05) is 36.7 Å². The Morgan fingerprint density at radius 1 is 1.08 bits per heavy atom. The molecular weight excluding hydrogens is 478 g/mol. The molecule has 0 saturated carbocycles. The van der Waals surface area contributed by atoms with Crippen molar-refractivity contribution < 1.29 is 23.8 Å². The predicted octanol–water partition coefficient (Wildman–Crippen LogP) is 6.06. The molecule has 0 bridgehead atoms. The molecule has 7 heteroatoms. The molecule has 2 aromatic carbocycles. The molecular formula is C29H32ClNO5. The van der Waals surface area contributed by atoms with Gasteiger partial charge in [-0.15, -0.1) is 0 Å². The number of halogens is 1. The number of benzene rings is 2. The first-order valence-corrected chi connectivity index (χ1v) is 12.6. The van der Waals surface area contributed by atoms with E-state index in [0.717, 1.165) is 16.8 Å². The van der Waals surface area contributed by atoms with Crippen LogP contribution in [0.4, 0.5) is 0 Å². The summed E-state index contributed by atoms with van der Waals surface area (Å²) in [6.07, 6.45) is 1.41. The van der Waals surface area contributed by atoms with E-state index in [-0.39, 0.29) is 17.8 Å². The van der Waals surface area contributed by atoms with Gasteiger partial charge in [0, 0.05) is 34.3 Å². The summed E-state index contributed by atoms with van der Waals surface area (Å²) < 4.78 is 16.6. The Balaban J connectivity index is 1.76. The van der Waals surface area contributed by atoms with Crippen LogP contribution in [-0.4, -0.2) is 32.1 Å². The van der Waals surface area contributed by atoms with Crippen LogP contribution in [0.5, 0.6) is 11.5 Å². The van der Waals surface area contributed by atoms with Crippen molar-refractivity contribution in [2.24, 2.45) is 0 Å². The van der Waals surface area contributed by atoms with E-state index in [1.165, 1.54) is 0 Å². The van der Waals surface area contributed by atoms with Crippen LogP contribution >= 0.6 is 11.6 Å². The number of carbonyl (C=O) groups excluding carboxylic acids is 2. The molecule has 2 aromatic rings. The summed E-state index contributed by atoms with van der Waals surface area (Å²) in [6, 6.07) is 13.1. The summed E-state index contributed by atoms with van der Waals surface area (Å²) in [5.41, 5.74) is 4.37. The second-order valence-electron chi connectivity index (χ2n) is 9.31. The van der Waals surface area contributed by atoms with Crippen molar-refractivity contribution >= 4 is 23.4 Å². The lowest BCUT2D eigenvalue weighted by atomic mass is 9.71. The molecule has 0 spiro atoms. The number of hydrogen-bond acceptors (Lipinski definition) is 6. The SMILES string of the molecule is CC[C@H](C)OC(=O)C1=C(C)NC2=C(C(=O)C[C@@H](c3ccc(OC)c(OC)c3)C2)[C@@H]1c1cccc(Cl)c1. The number of Topliss-reactive ketones (excluding diaryl/α,β-unsaturated/α-hetero) is 1. The summed E-state index contributed by atoms with van der Waals surface area (Å²) >= 11 is 6.33. The molecule has 0 unspecified atom stereocenters. The van der Waals surface area contributed by atoms with Crippen LogP contribution in [0.2, 0.25) is 5.02 Å². The van der Waals surface area contributed by atoms with Crippen LogP contribution in [0.25, 0.3) is 0 Å². The Morgan fingerprint density at radius 2 is 1.83 bits per heavy atom. The molecule has 1 aliphatic heterocycles. The maximum atomic E-state index is 13.8. The second-order valence-corrected chi connectivity index (χ2v) is 9.75. The van der Waals surface area contributed by atoms with E-state index >= 15 is 0 Å². The third kappa shape index (κ3) is 5.00. The average Bonchev–Trinajstić information content (AvgIpc) is 2.86. The Kier molecular flexibility index (Phi) is 7.74. The fraction of sp³-hybridized carbons (Fsp3) is 0.379. The van der Waals surface area contributed by atoms with Gasteiger partial charge in [0.25, 0.3) is 0 Å². The van der Waals surface area contributed by atoms with E-state index in [9.17, 15) is 9.59 Å². The van der Waals surface area contributed by atoms with Crippen LogP contribution in [-0.2, 0) is 14.3 Å². The number of ether oxygens (including phenoxy) is 3. The van der Waals surface area contributed by atoms with Gasteiger partial charge >= 0.3 is 5.97 Å². The van der Waals surface area contributed by atoms with E-state index in [1.807, 2.05) is 57.2 Å². The fourth-order valence-corrected chi connectivity index (χ4v) is 5.20. The summed E-state index contributed by atoms with van der Waals surface area (Å²) in [4.78, 5) is 27.1. The van der Waals surface area contributed by atoms with E-state index in [4.69, 9.17) is 25.8 Å². The molecule has 0 amide bonds. The molecule has 1 aliphatic carbocycles. The zero-order chi connectivity index (χ0) is 26.0. The molecule has 3 atom stereocenters. The van der Waals surface area contributed by atoms with Gasteiger partial charge in [0.2, 0.25) is 0 Å². The number of hydrogen-bond donors (Lipinski definition) is 1. The predicted molar refractivity (Wildman–Crippen MR) is 139 cm³/mol. The van der Waals surface area contributed by atoms with E-state index in [0.29, 0.717) is 52.6 Å². The van der Waals surface area contributed by atoms with Gasteiger partial charge in [0.1, 0.15) is 0 Å². The monoisotopic (exact) mass is 509 g/mol. The molecule has 6 nitrogen and oxygen atoms in total. The van der Waals surface area contributed by atoms with Crippen molar-refractivity contribution in [3.05, 3.63) is 81.2 Å². The van der Waals surface area contributed by atoms with Crippen molar-refractivity contribution in [2.75, 3.05) is 14.2 Å². The number of nitrogens with one attached hydrogen (secondary N) is 1. The minimum atomic E-state index is -0.546. The Morgan fingerprint density at radius 3 is 2.50 bits per heavy atom. The fourth-order valence-electron chi connectivity index (χ4n) is 5.00.